The number of anilines is 1. The highest BCUT2D eigenvalue weighted by Crippen LogP contribution is 2.25. The number of hydrogen-bond acceptors (Lipinski definition) is 4. The van der Waals surface area contributed by atoms with Crippen molar-refractivity contribution >= 4 is 27.4 Å². The second-order valence-electron chi connectivity index (χ2n) is 5.40. The van der Waals surface area contributed by atoms with E-state index in [4.69, 9.17) is 16.3 Å². The molecule has 1 N–H and O–H groups in total. The maximum absolute atomic E-state index is 12.9. The predicted octanol–water partition coefficient (Wildman–Crippen LogP) is 4.78. The summed E-state index contributed by atoms with van der Waals surface area (Å²) >= 11 is 5.98. The Labute approximate surface area is 155 Å². The molecule has 0 radical (unpaired) electrons. The molecule has 1 heterocycles. The summed E-state index contributed by atoms with van der Waals surface area (Å²) in [7, 11) is -3.82. The Morgan fingerprint density at radius 1 is 1.04 bits per heavy atom. The molecule has 3 rings (SSSR count). The third-order valence-corrected chi connectivity index (χ3v) is 5.44. The first-order chi connectivity index (χ1) is 12.3. The number of benzene rings is 2. The van der Waals surface area contributed by atoms with Crippen LogP contribution in [-0.2, 0) is 10.0 Å². The lowest BCUT2D eigenvalue weighted by Gasteiger charge is -2.11. The average molecular weight is 393 g/mol. The van der Waals surface area contributed by atoms with E-state index < -0.39 is 10.0 Å². The van der Waals surface area contributed by atoms with E-state index in [9.17, 15) is 12.8 Å². The van der Waals surface area contributed by atoms with Gasteiger partial charge in [-0.05, 0) is 61.0 Å². The van der Waals surface area contributed by atoms with Gasteiger partial charge in [0.15, 0.2) is 0 Å². The van der Waals surface area contributed by atoms with Crippen LogP contribution in [0.2, 0.25) is 5.02 Å². The molecular formula is C18H14ClFN2O3S. The second kappa shape index (κ2) is 7.31. The summed E-state index contributed by atoms with van der Waals surface area (Å²) in [6.45, 7) is 1.63. The van der Waals surface area contributed by atoms with Gasteiger partial charge in [0.2, 0.25) is 0 Å². The first-order valence-electron chi connectivity index (χ1n) is 7.52. The molecule has 2 aromatic carbocycles. The third-order valence-electron chi connectivity index (χ3n) is 3.53. The lowest BCUT2D eigenvalue weighted by molar-refractivity contribution is 0.478. The molecule has 0 bridgehead atoms. The topological polar surface area (TPSA) is 68.3 Å². The minimum Gasteiger partial charge on any atom is -0.456 e. The van der Waals surface area contributed by atoms with Gasteiger partial charge in [-0.1, -0.05) is 17.7 Å². The van der Waals surface area contributed by atoms with Crippen molar-refractivity contribution in [3.8, 4) is 11.5 Å². The van der Waals surface area contributed by atoms with Gasteiger partial charge >= 0.3 is 0 Å². The Morgan fingerprint density at radius 3 is 2.38 bits per heavy atom. The summed E-state index contributed by atoms with van der Waals surface area (Å²) in [6, 6.07) is 13.2. The zero-order valence-electron chi connectivity index (χ0n) is 13.6. The summed E-state index contributed by atoms with van der Waals surface area (Å²) < 4.78 is 45.8. The molecule has 0 aliphatic carbocycles. The quantitative estimate of drug-likeness (QED) is 0.678. The van der Waals surface area contributed by atoms with Crippen LogP contribution in [0, 0.1) is 12.7 Å². The van der Waals surface area contributed by atoms with Crippen LogP contribution in [-0.4, -0.2) is 13.4 Å². The number of nitrogens with zero attached hydrogens (tertiary/aromatic N) is 1. The van der Waals surface area contributed by atoms with Gasteiger partial charge in [0, 0.05) is 5.02 Å². The number of pyridine rings is 1. The molecule has 134 valence electrons. The van der Waals surface area contributed by atoms with Gasteiger partial charge in [-0.25, -0.2) is 17.8 Å². The first-order valence-corrected chi connectivity index (χ1v) is 9.39. The van der Waals surface area contributed by atoms with Crippen molar-refractivity contribution in [3.63, 3.8) is 0 Å². The van der Waals surface area contributed by atoms with E-state index in [0.717, 1.165) is 0 Å². The maximum Gasteiger partial charge on any atom is 0.263 e. The van der Waals surface area contributed by atoms with Crippen LogP contribution in [0.3, 0.4) is 0 Å². The van der Waals surface area contributed by atoms with Crippen LogP contribution in [0.15, 0.2) is 65.7 Å². The highest BCUT2D eigenvalue weighted by atomic mass is 35.5. The Hall–Kier alpha value is -2.64. The molecule has 0 aliphatic heterocycles. The van der Waals surface area contributed by atoms with E-state index in [-0.39, 0.29) is 16.5 Å². The van der Waals surface area contributed by atoms with E-state index in [0.29, 0.717) is 22.1 Å². The lowest BCUT2D eigenvalue weighted by Crippen LogP contribution is -2.15. The molecule has 5 nitrogen and oxygen atoms in total. The van der Waals surface area contributed by atoms with Crippen molar-refractivity contribution in [2.45, 2.75) is 11.8 Å². The summed E-state index contributed by atoms with van der Waals surface area (Å²) in [5.74, 6) is 0.599. The van der Waals surface area contributed by atoms with Gasteiger partial charge in [-0.3, -0.25) is 4.72 Å². The zero-order valence-corrected chi connectivity index (χ0v) is 15.2. The number of rotatable bonds is 5. The molecule has 0 atom stereocenters. The molecule has 0 amide bonds. The molecule has 26 heavy (non-hydrogen) atoms. The highest BCUT2D eigenvalue weighted by molar-refractivity contribution is 7.92. The Balaban J connectivity index is 1.76. The van der Waals surface area contributed by atoms with Crippen LogP contribution in [0.4, 0.5) is 10.2 Å². The maximum atomic E-state index is 12.9. The normalized spacial score (nSPS) is 11.2. The van der Waals surface area contributed by atoms with E-state index in [1.54, 1.807) is 25.1 Å². The smallest absolute Gasteiger partial charge is 0.263 e. The van der Waals surface area contributed by atoms with Crippen molar-refractivity contribution in [1.82, 2.24) is 4.98 Å². The number of hydrogen-bond donors (Lipinski definition) is 1. The van der Waals surface area contributed by atoms with Crippen LogP contribution in [0.5, 0.6) is 11.5 Å². The Kier molecular flexibility index (Phi) is 5.11. The summed E-state index contributed by atoms with van der Waals surface area (Å²) in [5.41, 5.74) is 0.456. The Morgan fingerprint density at radius 2 is 1.73 bits per heavy atom. The standard InChI is InChI=1S/C18H14ClFN2O3S/c1-12-16(19)3-2-4-17(12)26(23,24)22-18-10-9-15(11-21-18)25-14-7-5-13(20)6-8-14/h2-11H,1H3,(H,21,22). The number of aromatic nitrogens is 1. The fourth-order valence-electron chi connectivity index (χ4n) is 2.21. The fraction of sp³-hybridized carbons (Fsp3) is 0.0556. The van der Waals surface area contributed by atoms with Crippen molar-refractivity contribution in [3.05, 3.63) is 77.2 Å². The predicted molar refractivity (Wildman–Crippen MR) is 97.7 cm³/mol. The highest BCUT2D eigenvalue weighted by Gasteiger charge is 2.18. The molecule has 8 heteroatoms. The number of ether oxygens (including phenoxy) is 1. The van der Waals surface area contributed by atoms with E-state index in [1.807, 2.05) is 0 Å². The fourth-order valence-corrected chi connectivity index (χ4v) is 3.72. The molecule has 3 aromatic rings. The van der Waals surface area contributed by atoms with Crippen LogP contribution < -0.4 is 9.46 Å². The average Bonchev–Trinajstić information content (AvgIpc) is 2.60. The summed E-state index contributed by atoms with van der Waals surface area (Å²) in [5, 5.41) is 0.365. The van der Waals surface area contributed by atoms with E-state index in [2.05, 4.69) is 9.71 Å². The van der Waals surface area contributed by atoms with Gasteiger partial charge in [0.25, 0.3) is 10.0 Å². The molecule has 0 spiro atoms. The zero-order chi connectivity index (χ0) is 18.7. The van der Waals surface area contributed by atoms with Crippen molar-refractivity contribution < 1.29 is 17.5 Å². The number of sulfonamides is 1. The summed E-state index contributed by atoms with van der Waals surface area (Å²) in [4.78, 5) is 4.11. The Bertz CT molecular complexity index is 1020. The molecule has 0 aliphatic rings. The van der Waals surface area contributed by atoms with E-state index in [1.165, 1.54) is 42.6 Å². The largest absolute Gasteiger partial charge is 0.456 e. The molecule has 0 saturated carbocycles. The molecule has 0 unspecified atom stereocenters. The second-order valence-corrected chi connectivity index (χ2v) is 7.46. The monoisotopic (exact) mass is 392 g/mol. The first kappa shape index (κ1) is 18.2. The van der Waals surface area contributed by atoms with Crippen molar-refractivity contribution in [2.24, 2.45) is 0 Å². The summed E-state index contributed by atoms with van der Waals surface area (Å²) in [6.07, 6.45) is 1.37. The third kappa shape index (κ3) is 4.12. The molecule has 1 aromatic heterocycles. The van der Waals surface area contributed by atoms with Crippen LogP contribution in [0.25, 0.3) is 0 Å². The molecule has 0 fully saturated rings. The minimum atomic E-state index is -3.82. The number of halogens is 2. The van der Waals surface area contributed by atoms with Gasteiger partial charge in [-0.2, -0.15) is 0 Å². The molecular weight excluding hydrogens is 379 g/mol. The van der Waals surface area contributed by atoms with Crippen molar-refractivity contribution in [1.29, 1.82) is 0 Å². The van der Waals surface area contributed by atoms with Crippen LogP contribution in [0.1, 0.15) is 5.56 Å². The number of nitrogens with one attached hydrogen (secondary N) is 1. The molecule has 0 saturated heterocycles. The van der Waals surface area contributed by atoms with Crippen LogP contribution >= 0.6 is 11.6 Å². The SMILES string of the molecule is Cc1c(Cl)cccc1S(=O)(=O)Nc1ccc(Oc2ccc(F)cc2)cn1. The van der Waals surface area contributed by atoms with Gasteiger partial charge in [-0.15, -0.1) is 0 Å². The van der Waals surface area contributed by atoms with Gasteiger partial charge < -0.3 is 4.74 Å². The van der Waals surface area contributed by atoms with Gasteiger partial charge in [0.05, 0.1) is 11.1 Å². The lowest BCUT2D eigenvalue weighted by atomic mass is 10.2. The van der Waals surface area contributed by atoms with Crippen molar-refractivity contribution in [2.75, 3.05) is 4.72 Å². The van der Waals surface area contributed by atoms with E-state index >= 15 is 0 Å². The van der Waals surface area contributed by atoms with Gasteiger partial charge in [0.1, 0.15) is 23.1 Å². The minimum absolute atomic E-state index is 0.0819.